The van der Waals surface area contributed by atoms with E-state index in [4.69, 9.17) is 0 Å². The van der Waals surface area contributed by atoms with Gasteiger partial charge in [0.25, 0.3) is 0 Å². The van der Waals surface area contributed by atoms with Crippen LogP contribution >= 0.6 is 0 Å². The summed E-state index contributed by atoms with van der Waals surface area (Å²) in [5.41, 5.74) is 0. The number of carboxylic acid groups (broad SMARTS) is 1. The van der Waals surface area contributed by atoms with Crippen LogP contribution in [0, 0.1) is 0 Å². The summed E-state index contributed by atoms with van der Waals surface area (Å²) in [5.74, 6) is -0.745. The van der Waals surface area contributed by atoms with Gasteiger partial charge in [0.2, 0.25) is 0 Å². The molecule has 0 aliphatic heterocycles. The van der Waals surface area contributed by atoms with Gasteiger partial charge < -0.3 is 15.7 Å². The SMILES string of the molecule is CC=CCCC=CCCC=CCCCC(NCCNCCCC)C(=O)O. The van der Waals surface area contributed by atoms with Gasteiger partial charge in [-0.15, -0.1) is 0 Å². The highest BCUT2D eigenvalue weighted by molar-refractivity contribution is 5.73. The summed E-state index contributed by atoms with van der Waals surface area (Å²) in [6.07, 6.45) is 22.4. The summed E-state index contributed by atoms with van der Waals surface area (Å²) < 4.78 is 0. The first kappa shape index (κ1) is 24.6. The molecule has 4 nitrogen and oxygen atoms in total. The van der Waals surface area contributed by atoms with Crippen LogP contribution in [-0.2, 0) is 4.79 Å². The van der Waals surface area contributed by atoms with E-state index in [9.17, 15) is 9.90 Å². The zero-order chi connectivity index (χ0) is 19.3. The summed E-state index contributed by atoms with van der Waals surface area (Å²) in [5, 5.41) is 15.7. The molecule has 3 N–H and O–H groups in total. The molecule has 1 atom stereocenters. The van der Waals surface area contributed by atoms with Gasteiger partial charge >= 0.3 is 5.97 Å². The van der Waals surface area contributed by atoms with Crippen molar-refractivity contribution in [3.63, 3.8) is 0 Å². The molecule has 0 aromatic rings. The van der Waals surface area contributed by atoms with Gasteiger partial charge in [0.05, 0.1) is 0 Å². The van der Waals surface area contributed by atoms with Crippen LogP contribution in [0.3, 0.4) is 0 Å². The van der Waals surface area contributed by atoms with E-state index in [0.29, 0.717) is 13.0 Å². The van der Waals surface area contributed by atoms with E-state index >= 15 is 0 Å². The van der Waals surface area contributed by atoms with E-state index in [1.807, 2.05) is 0 Å². The first-order chi connectivity index (χ1) is 12.7. The topological polar surface area (TPSA) is 61.4 Å². The number of carbonyl (C=O) groups is 1. The molecule has 0 radical (unpaired) electrons. The van der Waals surface area contributed by atoms with Gasteiger partial charge in [-0.3, -0.25) is 4.79 Å². The zero-order valence-corrected chi connectivity index (χ0v) is 16.9. The lowest BCUT2D eigenvalue weighted by Gasteiger charge is -2.14. The Morgan fingerprint density at radius 2 is 1.50 bits per heavy atom. The van der Waals surface area contributed by atoms with Crippen molar-refractivity contribution in [1.29, 1.82) is 0 Å². The van der Waals surface area contributed by atoms with Crippen molar-refractivity contribution < 1.29 is 9.90 Å². The van der Waals surface area contributed by atoms with Crippen molar-refractivity contribution in [3.05, 3.63) is 36.5 Å². The second kappa shape index (κ2) is 19.9. The maximum Gasteiger partial charge on any atom is 0.320 e. The number of allylic oxidation sites excluding steroid dienone is 6. The fourth-order valence-corrected chi connectivity index (χ4v) is 2.54. The molecule has 150 valence electrons. The minimum atomic E-state index is -0.745. The first-order valence-corrected chi connectivity index (χ1v) is 10.3. The highest BCUT2D eigenvalue weighted by Gasteiger charge is 2.15. The minimum Gasteiger partial charge on any atom is -0.480 e. The quantitative estimate of drug-likeness (QED) is 0.241. The third-order valence-corrected chi connectivity index (χ3v) is 4.13. The summed E-state index contributed by atoms with van der Waals surface area (Å²) in [6, 6.07) is -0.434. The molecule has 0 spiro atoms. The Morgan fingerprint density at radius 1 is 0.885 bits per heavy atom. The van der Waals surface area contributed by atoms with Crippen molar-refractivity contribution in [1.82, 2.24) is 10.6 Å². The van der Waals surface area contributed by atoms with Gasteiger partial charge in [-0.05, 0) is 64.8 Å². The Hall–Kier alpha value is -1.39. The van der Waals surface area contributed by atoms with E-state index in [-0.39, 0.29) is 0 Å². The third kappa shape index (κ3) is 17.4. The van der Waals surface area contributed by atoms with Crippen molar-refractivity contribution in [3.8, 4) is 0 Å². The maximum atomic E-state index is 11.3. The smallest absolute Gasteiger partial charge is 0.320 e. The van der Waals surface area contributed by atoms with Crippen molar-refractivity contribution in [2.24, 2.45) is 0 Å². The summed E-state index contributed by atoms with van der Waals surface area (Å²) in [6.45, 7) is 6.75. The molecule has 0 aromatic heterocycles. The van der Waals surface area contributed by atoms with Gasteiger partial charge in [-0.2, -0.15) is 0 Å². The Bertz CT molecular complexity index is 403. The lowest BCUT2D eigenvalue weighted by atomic mass is 10.1. The first-order valence-electron chi connectivity index (χ1n) is 10.3. The van der Waals surface area contributed by atoms with Crippen LogP contribution in [0.25, 0.3) is 0 Å². The molecule has 0 saturated heterocycles. The van der Waals surface area contributed by atoms with Gasteiger partial charge in [-0.25, -0.2) is 0 Å². The maximum absolute atomic E-state index is 11.3. The van der Waals surface area contributed by atoms with E-state index in [1.54, 1.807) is 0 Å². The predicted octanol–water partition coefficient (Wildman–Crippen LogP) is 4.84. The molecule has 0 aromatic carbocycles. The highest BCUT2D eigenvalue weighted by Crippen LogP contribution is 2.04. The molecule has 0 amide bonds. The minimum absolute atomic E-state index is 0.434. The van der Waals surface area contributed by atoms with Crippen molar-refractivity contribution in [2.45, 2.75) is 77.7 Å². The Balaban J connectivity index is 3.65. The molecular formula is C22H40N2O2. The van der Waals surface area contributed by atoms with Crippen LogP contribution in [0.1, 0.15) is 71.6 Å². The fourth-order valence-electron chi connectivity index (χ4n) is 2.54. The molecule has 26 heavy (non-hydrogen) atoms. The number of nitrogens with one attached hydrogen (secondary N) is 2. The van der Waals surface area contributed by atoms with Crippen LogP contribution < -0.4 is 10.6 Å². The van der Waals surface area contributed by atoms with Gasteiger partial charge in [0.1, 0.15) is 6.04 Å². The van der Waals surface area contributed by atoms with Crippen molar-refractivity contribution >= 4 is 5.97 Å². The van der Waals surface area contributed by atoms with E-state index in [2.05, 4.69) is 60.9 Å². The number of rotatable bonds is 18. The molecule has 0 saturated carbocycles. The number of hydrogen-bond acceptors (Lipinski definition) is 3. The van der Waals surface area contributed by atoms with E-state index in [0.717, 1.165) is 51.6 Å². The number of hydrogen-bond donors (Lipinski definition) is 3. The van der Waals surface area contributed by atoms with Crippen LogP contribution in [0.4, 0.5) is 0 Å². The normalized spacial score (nSPS) is 13.3. The standard InChI is InChI=1S/C22H40N2O2/c1-3-5-7-8-9-10-11-12-13-14-15-16-17-21(22(25)26)24-20-19-23-18-6-4-2/h3,5,9-10,13-14,21,23-24H,4,6-8,11-12,15-20H2,1-2H3,(H,25,26). The van der Waals surface area contributed by atoms with Crippen LogP contribution in [0.15, 0.2) is 36.5 Å². The fraction of sp³-hybridized carbons (Fsp3) is 0.682. The second-order valence-corrected chi connectivity index (χ2v) is 6.55. The lowest BCUT2D eigenvalue weighted by Crippen LogP contribution is -2.40. The molecule has 0 aliphatic carbocycles. The third-order valence-electron chi connectivity index (χ3n) is 4.13. The van der Waals surface area contributed by atoms with E-state index in [1.165, 1.54) is 12.8 Å². The second-order valence-electron chi connectivity index (χ2n) is 6.55. The molecule has 0 fully saturated rings. The number of unbranched alkanes of at least 4 members (excludes halogenated alkanes) is 4. The monoisotopic (exact) mass is 364 g/mol. The van der Waals surface area contributed by atoms with Crippen LogP contribution in [0.2, 0.25) is 0 Å². The molecular weight excluding hydrogens is 324 g/mol. The summed E-state index contributed by atoms with van der Waals surface area (Å²) >= 11 is 0. The average Bonchev–Trinajstić information content (AvgIpc) is 2.63. The number of carboxylic acids is 1. The lowest BCUT2D eigenvalue weighted by molar-refractivity contribution is -0.139. The number of aliphatic carboxylic acids is 1. The largest absolute Gasteiger partial charge is 0.480 e. The predicted molar refractivity (Wildman–Crippen MR) is 113 cm³/mol. The van der Waals surface area contributed by atoms with Gasteiger partial charge in [-0.1, -0.05) is 49.8 Å². The molecule has 0 bridgehead atoms. The molecule has 0 heterocycles. The van der Waals surface area contributed by atoms with Gasteiger partial charge in [0, 0.05) is 13.1 Å². The Labute approximate surface area is 160 Å². The molecule has 0 aliphatic rings. The Kier molecular flexibility index (Phi) is 18.9. The van der Waals surface area contributed by atoms with Crippen LogP contribution in [-0.4, -0.2) is 36.8 Å². The highest BCUT2D eigenvalue weighted by atomic mass is 16.4. The zero-order valence-electron chi connectivity index (χ0n) is 16.9. The van der Waals surface area contributed by atoms with Gasteiger partial charge in [0.15, 0.2) is 0 Å². The molecule has 0 rings (SSSR count). The summed E-state index contributed by atoms with van der Waals surface area (Å²) in [4.78, 5) is 11.3. The molecule has 4 heteroatoms. The Morgan fingerprint density at radius 3 is 2.08 bits per heavy atom. The molecule has 1 unspecified atom stereocenters. The van der Waals surface area contributed by atoms with E-state index < -0.39 is 12.0 Å². The van der Waals surface area contributed by atoms with Crippen LogP contribution in [0.5, 0.6) is 0 Å². The van der Waals surface area contributed by atoms with Crippen molar-refractivity contribution in [2.75, 3.05) is 19.6 Å². The average molecular weight is 365 g/mol. The summed E-state index contributed by atoms with van der Waals surface area (Å²) in [7, 11) is 0.